The van der Waals surface area contributed by atoms with Crippen LogP contribution >= 0.6 is 8.60 Å². The van der Waals surface area contributed by atoms with E-state index in [2.05, 4.69) is 4.98 Å². The molecule has 2 N–H and O–H groups in total. The van der Waals surface area contributed by atoms with Crippen LogP contribution in [0.1, 0.15) is 12.6 Å². The Labute approximate surface area is 201 Å². The number of hydrogen-bond donors (Lipinski definition) is 2. The van der Waals surface area contributed by atoms with Crippen LogP contribution in [0, 0.1) is 0 Å². The lowest BCUT2D eigenvalue weighted by atomic mass is 10.2. The summed E-state index contributed by atoms with van der Waals surface area (Å²) in [6.07, 6.45) is -0.926. The predicted molar refractivity (Wildman–Crippen MR) is 126 cm³/mol. The highest BCUT2D eigenvalue weighted by Gasteiger charge is 2.37. The second-order valence-electron chi connectivity index (χ2n) is 7.50. The molecule has 12 heteroatoms. The van der Waals surface area contributed by atoms with Crippen molar-refractivity contribution >= 4 is 8.60 Å². The molecule has 186 valence electrons. The molecule has 4 rings (SSSR count). The molecule has 11 nitrogen and oxygen atoms in total. The van der Waals surface area contributed by atoms with Gasteiger partial charge in [-0.2, -0.15) is 0 Å². The van der Waals surface area contributed by atoms with Gasteiger partial charge < -0.3 is 28.4 Å². The van der Waals surface area contributed by atoms with Crippen molar-refractivity contribution in [1.82, 2.24) is 9.55 Å². The van der Waals surface area contributed by atoms with E-state index < -0.39 is 38.3 Å². The van der Waals surface area contributed by atoms with E-state index >= 15 is 0 Å². The number of nitrogens with one attached hydrogen (secondary N) is 1. The lowest BCUT2D eigenvalue weighted by Crippen LogP contribution is -2.31. The van der Waals surface area contributed by atoms with Gasteiger partial charge in [0.2, 0.25) is 0 Å². The first-order valence-electron chi connectivity index (χ1n) is 10.7. The Bertz CT molecular complexity index is 1160. The summed E-state index contributed by atoms with van der Waals surface area (Å²) in [7, 11) is 1.19. The Morgan fingerprint density at radius 2 is 1.49 bits per heavy atom. The largest absolute Gasteiger partial charge is 0.497 e. The van der Waals surface area contributed by atoms with Crippen LogP contribution in [0.3, 0.4) is 0 Å². The van der Waals surface area contributed by atoms with E-state index in [4.69, 9.17) is 27.8 Å². The summed E-state index contributed by atoms with van der Waals surface area (Å²) in [5, 5.41) is 10.5. The molecule has 1 saturated heterocycles. The maximum atomic E-state index is 12.1. The van der Waals surface area contributed by atoms with Crippen LogP contribution in [-0.4, -0.2) is 47.7 Å². The van der Waals surface area contributed by atoms with Gasteiger partial charge in [-0.3, -0.25) is 18.9 Å². The van der Waals surface area contributed by atoms with Gasteiger partial charge in [-0.1, -0.05) is 0 Å². The fourth-order valence-electron chi connectivity index (χ4n) is 3.34. The molecule has 1 fully saturated rings. The van der Waals surface area contributed by atoms with Gasteiger partial charge in [0.15, 0.2) is 0 Å². The Balaban J connectivity index is 1.44. The molecular formula is C23H25N2O9P. The third kappa shape index (κ3) is 6.40. The third-order valence-electron chi connectivity index (χ3n) is 5.19. The average molecular weight is 504 g/mol. The fourth-order valence-corrected chi connectivity index (χ4v) is 4.34. The van der Waals surface area contributed by atoms with E-state index in [0.717, 1.165) is 0 Å². The van der Waals surface area contributed by atoms with Crippen LogP contribution < -0.4 is 29.8 Å². The van der Waals surface area contributed by atoms with E-state index in [1.54, 1.807) is 62.8 Å². The molecule has 1 aliphatic rings. The molecule has 0 amide bonds. The summed E-state index contributed by atoms with van der Waals surface area (Å²) < 4.78 is 35.1. The summed E-state index contributed by atoms with van der Waals surface area (Å²) in [4.78, 5) is 25.6. The summed E-state index contributed by atoms with van der Waals surface area (Å²) in [5.41, 5.74) is -1.13. The number of aliphatic hydroxyl groups excluding tert-OH is 1. The number of benzene rings is 2. The number of aromatic nitrogens is 2. The second kappa shape index (κ2) is 11.4. The van der Waals surface area contributed by atoms with Crippen molar-refractivity contribution in [2.24, 2.45) is 0 Å². The molecular weight excluding hydrogens is 479 g/mol. The van der Waals surface area contributed by atoms with E-state index in [9.17, 15) is 14.7 Å². The normalized spacial score (nSPS) is 19.5. The molecule has 3 atom stereocenters. The van der Waals surface area contributed by atoms with Gasteiger partial charge in [-0.05, 0) is 48.5 Å². The smallest absolute Gasteiger partial charge is 0.463 e. The first kappa shape index (κ1) is 24.7. The van der Waals surface area contributed by atoms with Gasteiger partial charge in [0.25, 0.3) is 5.56 Å². The van der Waals surface area contributed by atoms with Gasteiger partial charge >= 0.3 is 14.3 Å². The molecule has 0 spiro atoms. The standard InChI is InChI=1S/C23H25N2O9P/c1-29-15-3-7-17(8-4-15)33-35(34-18-9-5-16(30-2)6-10-18)31-14-20-19(26)13-22(32-20)25-12-11-21(27)24-23(25)28/h3-12,19-20,22,26H,13-14H2,1-2H3,(H,24,27,28). The van der Waals surface area contributed by atoms with Crippen LogP contribution in [0.4, 0.5) is 0 Å². The molecule has 2 aromatic carbocycles. The van der Waals surface area contributed by atoms with Crippen LogP contribution in [0.5, 0.6) is 23.0 Å². The molecule has 3 aromatic rings. The topological polar surface area (TPSA) is 130 Å². The van der Waals surface area contributed by atoms with Gasteiger partial charge in [0.1, 0.15) is 35.3 Å². The summed E-state index contributed by atoms with van der Waals surface area (Å²) in [6, 6.07) is 15.1. The highest BCUT2D eigenvalue weighted by molar-refractivity contribution is 7.42. The summed E-state index contributed by atoms with van der Waals surface area (Å²) in [5.74, 6) is 2.33. The zero-order chi connectivity index (χ0) is 24.8. The number of H-pyrrole nitrogens is 1. The van der Waals surface area contributed by atoms with Crippen molar-refractivity contribution in [2.45, 2.75) is 24.9 Å². The lowest BCUT2D eigenvalue weighted by Gasteiger charge is -2.21. The Hall–Kier alpha value is -3.37. The van der Waals surface area contributed by atoms with Gasteiger partial charge in [-0.25, -0.2) is 4.79 Å². The maximum absolute atomic E-state index is 12.1. The SMILES string of the molecule is COc1ccc(OP(OCC2OC(n3ccc(=O)[nH]c3=O)CC2O)Oc2ccc(OC)cc2)cc1. The Morgan fingerprint density at radius 1 is 0.943 bits per heavy atom. The molecule has 0 radical (unpaired) electrons. The zero-order valence-corrected chi connectivity index (χ0v) is 19.9. The molecule has 1 aromatic heterocycles. The van der Waals surface area contributed by atoms with Crippen LogP contribution in [0.25, 0.3) is 0 Å². The minimum absolute atomic E-state index is 0.0617. The lowest BCUT2D eigenvalue weighted by molar-refractivity contribution is -0.0420. The van der Waals surface area contributed by atoms with Gasteiger partial charge in [0.05, 0.1) is 26.9 Å². The number of aliphatic hydroxyl groups is 1. The Morgan fingerprint density at radius 3 is 2.00 bits per heavy atom. The van der Waals surface area contributed by atoms with Crippen LogP contribution in [0.15, 0.2) is 70.4 Å². The summed E-state index contributed by atoms with van der Waals surface area (Å²) in [6.45, 7) is -0.0617. The Kier molecular flexibility index (Phi) is 8.04. The van der Waals surface area contributed by atoms with E-state index in [1.165, 1.54) is 16.8 Å². The van der Waals surface area contributed by atoms with Crippen molar-refractivity contribution in [2.75, 3.05) is 20.8 Å². The minimum atomic E-state index is -1.94. The molecule has 3 unspecified atom stereocenters. The second-order valence-corrected chi connectivity index (χ2v) is 8.57. The van der Waals surface area contributed by atoms with Gasteiger partial charge in [0, 0.05) is 18.7 Å². The number of hydrogen-bond acceptors (Lipinski definition) is 9. The molecule has 1 aliphatic heterocycles. The summed E-state index contributed by atoms with van der Waals surface area (Å²) >= 11 is 0. The maximum Gasteiger partial charge on any atom is 0.463 e. The van der Waals surface area contributed by atoms with Crippen molar-refractivity contribution in [3.8, 4) is 23.0 Å². The third-order valence-corrected chi connectivity index (χ3v) is 6.27. The van der Waals surface area contributed by atoms with E-state index in [1.807, 2.05) is 0 Å². The number of ether oxygens (including phenoxy) is 3. The number of rotatable bonds is 10. The zero-order valence-electron chi connectivity index (χ0n) is 19.0. The number of nitrogens with zero attached hydrogens (tertiary/aromatic N) is 1. The average Bonchev–Trinajstić information content (AvgIpc) is 3.23. The predicted octanol–water partition coefficient (Wildman–Crippen LogP) is 2.60. The first-order valence-corrected chi connectivity index (χ1v) is 11.8. The van der Waals surface area contributed by atoms with Gasteiger partial charge in [-0.15, -0.1) is 0 Å². The molecule has 35 heavy (non-hydrogen) atoms. The van der Waals surface area contributed by atoms with E-state index in [-0.39, 0.29) is 13.0 Å². The van der Waals surface area contributed by atoms with Crippen molar-refractivity contribution in [3.63, 3.8) is 0 Å². The molecule has 0 saturated carbocycles. The number of aromatic amines is 1. The van der Waals surface area contributed by atoms with Crippen molar-refractivity contribution in [1.29, 1.82) is 0 Å². The quantitative estimate of drug-likeness (QED) is 0.400. The van der Waals surface area contributed by atoms with Crippen molar-refractivity contribution < 1.29 is 32.9 Å². The monoisotopic (exact) mass is 504 g/mol. The highest BCUT2D eigenvalue weighted by atomic mass is 31.2. The molecule has 0 aliphatic carbocycles. The fraction of sp³-hybridized carbons (Fsp3) is 0.304. The van der Waals surface area contributed by atoms with Crippen LogP contribution in [-0.2, 0) is 9.26 Å². The van der Waals surface area contributed by atoms with Crippen LogP contribution in [0.2, 0.25) is 0 Å². The number of methoxy groups -OCH3 is 2. The first-order chi connectivity index (χ1) is 16.9. The molecule has 0 bridgehead atoms. The van der Waals surface area contributed by atoms with E-state index in [0.29, 0.717) is 23.0 Å². The minimum Gasteiger partial charge on any atom is -0.497 e. The van der Waals surface area contributed by atoms with Crippen molar-refractivity contribution in [3.05, 3.63) is 81.6 Å². The highest BCUT2D eigenvalue weighted by Crippen LogP contribution is 2.43. The molecule has 2 heterocycles.